The Morgan fingerprint density at radius 2 is 1.77 bits per heavy atom. The Morgan fingerprint density at radius 1 is 1.31 bits per heavy atom. The van der Waals surface area contributed by atoms with E-state index < -0.39 is 18.1 Å². The number of rotatable bonds is 6. The van der Waals surface area contributed by atoms with Crippen molar-refractivity contribution in [2.45, 2.75) is 25.9 Å². The van der Waals surface area contributed by atoms with Gasteiger partial charge in [0.1, 0.15) is 6.04 Å². The lowest BCUT2D eigenvalue weighted by Gasteiger charge is -2.22. The molecule has 1 atom stereocenters. The van der Waals surface area contributed by atoms with Crippen molar-refractivity contribution in [1.29, 1.82) is 0 Å². The monoisotopic (exact) mass is 191 g/mol. The quantitative estimate of drug-likeness (QED) is 0.434. The van der Waals surface area contributed by atoms with Crippen molar-refractivity contribution in [2.75, 3.05) is 13.2 Å². The van der Waals surface area contributed by atoms with E-state index in [1.165, 1.54) is 0 Å². The summed E-state index contributed by atoms with van der Waals surface area (Å²) in [7, 11) is 0. The smallest absolute Gasteiger partial charge is 0.320 e. The van der Waals surface area contributed by atoms with Gasteiger partial charge < -0.3 is 15.3 Å². The topological polar surface area (TPSA) is 89.8 Å². The Kier molecular flexibility index (Phi) is 5.61. The molecule has 0 saturated carbocycles. The molecule has 0 aromatic carbocycles. The van der Waals surface area contributed by atoms with E-state index in [1.807, 2.05) is 0 Å². The largest absolute Gasteiger partial charge is 0.480 e. The highest BCUT2D eigenvalue weighted by atomic mass is 16.4. The normalized spacial score (nSPS) is 13.7. The van der Waals surface area contributed by atoms with Crippen LogP contribution in [0.1, 0.15) is 13.8 Å². The van der Waals surface area contributed by atoms with E-state index in [0.29, 0.717) is 0 Å². The molecule has 78 valence electrons. The first-order valence-electron chi connectivity index (χ1n) is 4.23. The Hall–Kier alpha value is -0.650. The van der Waals surface area contributed by atoms with Crippen LogP contribution in [-0.2, 0) is 4.79 Å². The summed E-state index contributed by atoms with van der Waals surface area (Å²) in [5, 5.41) is 28.9. The fourth-order valence-electron chi connectivity index (χ4n) is 0.966. The molecule has 0 amide bonds. The lowest BCUT2D eigenvalue weighted by atomic mass is 10.0. The van der Waals surface area contributed by atoms with Crippen LogP contribution in [0.4, 0.5) is 0 Å². The number of aliphatic hydroxyl groups excluding tert-OH is 2. The number of carboxylic acids is 1. The van der Waals surface area contributed by atoms with Gasteiger partial charge >= 0.3 is 5.97 Å². The van der Waals surface area contributed by atoms with E-state index in [4.69, 9.17) is 15.3 Å². The maximum absolute atomic E-state index is 10.7. The zero-order chi connectivity index (χ0) is 10.4. The third-order valence-corrected chi connectivity index (χ3v) is 1.79. The average Bonchev–Trinajstić information content (AvgIpc) is 2.05. The molecule has 4 N–H and O–H groups in total. The van der Waals surface area contributed by atoms with Crippen molar-refractivity contribution in [1.82, 2.24) is 5.32 Å². The van der Waals surface area contributed by atoms with Crippen LogP contribution in [0.2, 0.25) is 0 Å². The van der Waals surface area contributed by atoms with Crippen LogP contribution in [0, 0.1) is 5.92 Å². The number of carboxylic acid groups (broad SMARTS) is 1. The SMILES string of the molecule is CC(C)C(NC(CO)CO)C(=O)O. The Morgan fingerprint density at radius 3 is 2.00 bits per heavy atom. The van der Waals surface area contributed by atoms with E-state index in [0.717, 1.165) is 0 Å². The van der Waals surface area contributed by atoms with Gasteiger partial charge in [-0.05, 0) is 5.92 Å². The minimum absolute atomic E-state index is 0.0851. The minimum Gasteiger partial charge on any atom is -0.480 e. The highest BCUT2D eigenvalue weighted by molar-refractivity contribution is 5.73. The predicted octanol–water partition coefficient (Wildman–Crippen LogP) is -0.962. The van der Waals surface area contributed by atoms with Crippen molar-refractivity contribution in [2.24, 2.45) is 5.92 Å². The zero-order valence-electron chi connectivity index (χ0n) is 7.90. The molecule has 13 heavy (non-hydrogen) atoms. The number of aliphatic hydroxyl groups is 2. The van der Waals surface area contributed by atoms with Crippen molar-refractivity contribution < 1.29 is 20.1 Å². The van der Waals surface area contributed by atoms with Crippen LogP contribution in [0.3, 0.4) is 0 Å². The second-order valence-corrected chi connectivity index (χ2v) is 3.29. The van der Waals surface area contributed by atoms with Gasteiger partial charge in [0.25, 0.3) is 0 Å². The van der Waals surface area contributed by atoms with Crippen molar-refractivity contribution in [3.8, 4) is 0 Å². The molecule has 0 aliphatic carbocycles. The van der Waals surface area contributed by atoms with Crippen molar-refractivity contribution in [3.63, 3.8) is 0 Å². The molecule has 0 aliphatic heterocycles. The molecule has 0 spiro atoms. The van der Waals surface area contributed by atoms with Crippen molar-refractivity contribution in [3.05, 3.63) is 0 Å². The van der Waals surface area contributed by atoms with Gasteiger partial charge in [-0.15, -0.1) is 0 Å². The molecule has 0 fully saturated rings. The highest BCUT2D eigenvalue weighted by Gasteiger charge is 2.23. The van der Waals surface area contributed by atoms with Gasteiger partial charge in [-0.3, -0.25) is 10.1 Å². The first kappa shape index (κ1) is 12.3. The molecule has 5 heteroatoms. The average molecular weight is 191 g/mol. The van der Waals surface area contributed by atoms with E-state index in [9.17, 15) is 4.79 Å². The van der Waals surface area contributed by atoms with E-state index >= 15 is 0 Å². The summed E-state index contributed by atoms with van der Waals surface area (Å²) in [5.41, 5.74) is 0. The maximum Gasteiger partial charge on any atom is 0.320 e. The third kappa shape index (κ3) is 4.21. The van der Waals surface area contributed by atoms with Gasteiger partial charge in [-0.2, -0.15) is 0 Å². The first-order chi connectivity index (χ1) is 6.02. The molecule has 0 aromatic rings. The zero-order valence-corrected chi connectivity index (χ0v) is 7.90. The fraction of sp³-hybridized carbons (Fsp3) is 0.875. The van der Waals surface area contributed by atoms with Crippen LogP contribution in [0.15, 0.2) is 0 Å². The number of carbonyl (C=O) groups is 1. The van der Waals surface area contributed by atoms with Gasteiger partial charge in [0.2, 0.25) is 0 Å². The molecule has 0 aliphatic rings. The molecule has 1 unspecified atom stereocenters. The van der Waals surface area contributed by atoms with Crippen LogP contribution < -0.4 is 5.32 Å². The summed E-state index contributed by atoms with van der Waals surface area (Å²) >= 11 is 0. The third-order valence-electron chi connectivity index (χ3n) is 1.79. The fourth-order valence-corrected chi connectivity index (χ4v) is 0.966. The summed E-state index contributed by atoms with van der Waals surface area (Å²) in [5.74, 6) is -1.06. The number of hydrogen-bond acceptors (Lipinski definition) is 4. The van der Waals surface area contributed by atoms with E-state index in [-0.39, 0.29) is 19.1 Å². The van der Waals surface area contributed by atoms with Crippen LogP contribution in [0.5, 0.6) is 0 Å². The van der Waals surface area contributed by atoms with Gasteiger partial charge in [0.05, 0.1) is 19.3 Å². The molecule has 0 bridgehead atoms. The number of hydrogen-bond donors (Lipinski definition) is 4. The molecule has 0 heterocycles. The van der Waals surface area contributed by atoms with Crippen LogP contribution >= 0.6 is 0 Å². The Bertz CT molecular complexity index is 156. The summed E-state index contributed by atoms with van der Waals surface area (Å²) < 4.78 is 0. The standard InChI is InChI=1S/C8H17NO4/c1-5(2)7(8(12)13)9-6(3-10)4-11/h5-7,9-11H,3-4H2,1-2H3,(H,12,13). The summed E-state index contributed by atoms with van der Waals surface area (Å²) in [6, 6.07) is -1.30. The number of aliphatic carboxylic acids is 1. The van der Waals surface area contributed by atoms with E-state index in [1.54, 1.807) is 13.8 Å². The lowest BCUT2D eigenvalue weighted by Crippen LogP contribution is -2.49. The van der Waals surface area contributed by atoms with Gasteiger partial charge in [-0.1, -0.05) is 13.8 Å². The Labute approximate surface area is 77.4 Å². The number of nitrogens with one attached hydrogen (secondary N) is 1. The minimum atomic E-state index is -0.970. The molecular formula is C8H17NO4. The summed E-state index contributed by atoms with van der Waals surface area (Å²) in [4.78, 5) is 10.7. The second-order valence-electron chi connectivity index (χ2n) is 3.29. The molecule has 0 saturated heterocycles. The first-order valence-corrected chi connectivity index (χ1v) is 4.23. The summed E-state index contributed by atoms with van der Waals surface area (Å²) in [6.45, 7) is 2.98. The van der Waals surface area contributed by atoms with Crippen LogP contribution in [0.25, 0.3) is 0 Å². The molecule has 0 aromatic heterocycles. The Balaban J connectivity index is 4.16. The van der Waals surface area contributed by atoms with Gasteiger partial charge in [-0.25, -0.2) is 0 Å². The lowest BCUT2D eigenvalue weighted by molar-refractivity contribution is -0.141. The van der Waals surface area contributed by atoms with Gasteiger partial charge in [0.15, 0.2) is 0 Å². The van der Waals surface area contributed by atoms with Crippen molar-refractivity contribution >= 4 is 5.97 Å². The van der Waals surface area contributed by atoms with E-state index in [2.05, 4.69) is 5.32 Å². The maximum atomic E-state index is 10.7. The second kappa shape index (κ2) is 5.90. The summed E-state index contributed by atoms with van der Waals surface area (Å²) in [6.07, 6.45) is 0. The van der Waals surface area contributed by atoms with Gasteiger partial charge in [0, 0.05) is 0 Å². The molecule has 5 nitrogen and oxygen atoms in total. The molecular weight excluding hydrogens is 174 g/mol. The highest BCUT2D eigenvalue weighted by Crippen LogP contribution is 2.02. The molecule has 0 radical (unpaired) electrons. The predicted molar refractivity (Wildman–Crippen MR) is 47.4 cm³/mol. The molecule has 0 rings (SSSR count). The van der Waals surface area contributed by atoms with Crippen LogP contribution in [-0.4, -0.2) is 46.6 Å².